The van der Waals surface area contributed by atoms with Crippen LogP contribution >= 0.6 is 0 Å². The van der Waals surface area contributed by atoms with Crippen LogP contribution in [0, 0.1) is 11.6 Å². The molecule has 1 N–H and O–H groups in total. The third kappa shape index (κ3) is 4.10. The van der Waals surface area contributed by atoms with Gasteiger partial charge in [0.05, 0.1) is 12.2 Å². The molecule has 1 aromatic rings. The lowest BCUT2D eigenvalue weighted by Crippen LogP contribution is -2.53. The molecule has 128 valence electrons. The number of hydrogen-bond acceptors (Lipinski definition) is 4. The number of halogens is 2. The summed E-state index contributed by atoms with van der Waals surface area (Å²) in [5.41, 5.74) is -0.299. The zero-order valence-electron chi connectivity index (χ0n) is 13.4. The molecule has 2 rings (SSSR count). The summed E-state index contributed by atoms with van der Waals surface area (Å²) in [5.74, 6) is -1.63. The molecule has 23 heavy (non-hydrogen) atoms. The fourth-order valence-corrected chi connectivity index (χ4v) is 2.56. The van der Waals surface area contributed by atoms with Crippen LogP contribution in [0.3, 0.4) is 0 Å². The average Bonchev–Trinajstić information content (AvgIpc) is 2.57. The molecule has 1 heterocycles. The van der Waals surface area contributed by atoms with Crippen molar-refractivity contribution < 1.29 is 23.0 Å². The normalized spacial score (nSPS) is 17.9. The van der Waals surface area contributed by atoms with Gasteiger partial charge in [-0.3, -0.25) is 0 Å². The van der Waals surface area contributed by atoms with E-state index in [4.69, 9.17) is 9.47 Å². The molecule has 1 aromatic carbocycles. The maximum atomic E-state index is 14.2. The van der Waals surface area contributed by atoms with E-state index in [2.05, 4.69) is 5.32 Å². The van der Waals surface area contributed by atoms with Crippen molar-refractivity contribution in [2.45, 2.75) is 32.9 Å². The highest BCUT2D eigenvalue weighted by molar-refractivity contribution is 5.68. The third-order valence-corrected chi connectivity index (χ3v) is 3.85. The maximum absolute atomic E-state index is 14.2. The van der Waals surface area contributed by atoms with Crippen LogP contribution in [-0.4, -0.2) is 43.3 Å². The second kappa shape index (κ2) is 8.10. The minimum absolute atomic E-state index is 0.0284. The smallest absolute Gasteiger partial charge is 0.410 e. The van der Waals surface area contributed by atoms with E-state index in [1.54, 1.807) is 11.8 Å². The van der Waals surface area contributed by atoms with Crippen LogP contribution < -0.4 is 10.1 Å². The van der Waals surface area contributed by atoms with Crippen molar-refractivity contribution in [1.82, 2.24) is 10.2 Å². The molecule has 1 atom stereocenters. The molecular formula is C16H22F2N2O3. The van der Waals surface area contributed by atoms with E-state index in [9.17, 15) is 13.6 Å². The third-order valence-electron chi connectivity index (χ3n) is 3.85. The molecular weight excluding hydrogens is 306 g/mol. The van der Waals surface area contributed by atoms with Gasteiger partial charge in [0.2, 0.25) is 0 Å². The van der Waals surface area contributed by atoms with Crippen LogP contribution in [0.1, 0.15) is 25.8 Å². The van der Waals surface area contributed by atoms with Crippen molar-refractivity contribution in [2.75, 3.05) is 26.2 Å². The zero-order chi connectivity index (χ0) is 16.8. The van der Waals surface area contributed by atoms with Gasteiger partial charge in [-0.2, -0.15) is 0 Å². The minimum Gasteiger partial charge on any atom is -0.491 e. The number of nitrogens with zero attached hydrogens (tertiary/aromatic N) is 1. The van der Waals surface area contributed by atoms with Gasteiger partial charge in [0.1, 0.15) is 12.4 Å². The first-order chi connectivity index (χ1) is 11.1. The van der Waals surface area contributed by atoms with Crippen LogP contribution in [0.15, 0.2) is 12.1 Å². The lowest BCUT2D eigenvalue weighted by atomic mass is 10.1. The summed E-state index contributed by atoms with van der Waals surface area (Å²) in [6.07, 6.45) is 0.226. The Balaban J connectivity index is 2.05. The van der Waals surface area contributed by atoms with Gasteiger partial charge >= 0.3 is 6.09 Å². The molecule has 1 saturated heterocycles. The van der Waals surface area contributed by atoms with Crippen LogP contribution in [0.25, 0.3) is 0 Å². The highest BCUT2D eigenvalue weighted by Crippen LogP contribution is 2.24. The quantitative estimate of drug-likeness (QED) is 0.903. The van der Waals surface area contributed by atoms with Crippen molar-refractivity contribution in [3.8, 4) is 5.75 Å². The minimum atomic E-state index is -0.827. The Kier molecular flexibility index (Phi) is 6.15. The van der Waals surface area contributed by atoms with Crippen LogP contribution in [0.4, 0.5) is 13.6 Å². The summed E-state index contributed by atoms with van der Waals surface area (Å²) < 4.78 is 38.2. The first kappa shape index (κ1) is 17.5. The van der Waals surface area contributed by atoms with Gasteiger partial charge in [-0.15, -0.1) is 0 Å². The molecule has 0 saturated carbocycles. The van der Waals surface area contributed by atoms with E-state index in [-0.39, 0.29) is 24.0 Å². The molecule has 0 aliphatic carbocycles. The number of carbonyl (C=O) groups is 1. The van der Waals surface area contributed by atoms with Crippen molar-refractivity contribution in [3.05, 3.63) is 29.3 Å². The molecule has 7 heteroatoms. The fourth-order valence-electron chi connectivity index (χ4n) is 2.56. The van der Waals surface area contributed by atoms with Crippen LogP contribution in [0.2, 0.25) is 0 Å². The van der Waals surface area contributed by atoms with Crippen molar-refractivity contribution >= 4 is 6.09 Å². The van der Waals surface area contributed by atoms with E-state index in [0.29, 0.717) is 19.6 Å². The summed E-state index contributed by atoms with van der Waals surface area (Å²) in [5, 5.41) is 3.20. The van der Waals surface area contributed by atoms with Gasteiger partial charge in [-0.1, -0.05) is 6.92 Å². The Hall–Kier alpha value is -1.89. The number of benzene rings is 1. The second-order valence-corrected chi connectivity index (χ2v) is 5.29. The predicted octanol–water partition coefficient (Wildman–Crippen LogP) is 2.68. The van der Waals surface area contributed by atoms with Crippen molar-refractivity contribution in [1.29, 1.82) is 0 Å². The molecule has 1 aliphatic heterocycles. The first-order valence-corrected chi connectivity index (χ1v) is 7.82. The van der Waals surface area contributed by atoms with Crippen molar-refractivity contribution in [2.24, 2.45) is 0 Å². The lowest BCUT2D eigenvalue weighted by molar-refractivity contribution is 0.0697. The Morgan fingerprint density at radius 1 is 1.39 bits per heavy atom. The number of amides is 1. The molecule has 0 aromatic heterocycles. The van der Waals surface area contributed by atoms with Crippen molar-refractivity contribution in [3.63, 3.8) is 0 Å². The van der Waals surface area contributed by atoms with Gasteiger partial charge in [-0.05, 0) is 25.5 Å². The summed E-state index contributed by atoms with van der Waals surface area (Å²) in [6, 6.07) is 2.36. The van der Waals surface area contributed by atoms with E-state index in [1.165, 1.54) is 6.07 Å². The Bertz CT molecular complexity index is 554. The summed E-state index contributed by atoms with van der Waals surface area (Å²) >= 11 is 0. The molecule has 0 unspecified atom stereocenters. The van der Waals surface area contributed by atoms with E-state index >= 15 is 0 Å². The predicted molar refractivity (Wildman–Crippen MR) is 81.4 cm³/mol. The van der Waals surface area contributed by atoms with E-state index < -0.39 is 24.3 Å². The standard InChI is InChI=1S/C16H22F2N2O3/c1-3-11-9-19-7-8-20(11)16(21)23-10-12-13(17)5-6-14(15(12)18)22-4-2/h5-6,11,19H,3-4,7-10H2,1-2H3/t11-/m1/s1. The van der Waals surface area contributed by atoms with Crippen LogP contribution in [0.5, 0.6) is 5.75 Å². The number of hydrogen-bond donors (Lipinski definition) is 1. The van der Waals surface area contributed by atoms with Gasteiger partial charge in [0.25, 0.3) is 0 Å². The molecule has 5 nitrogen and oxygen atoms in total. The molecule has 0 bridgehead atoms. The van der Waals surface area contributed by atoms with Gasteiger partial charge in [0.15, 0.2) is 11.6 Å². The van der Waals surface area contributed by atoms with Gasteiger partial charge < -0.3 is 19.7 Å². The number of nitrogens with one attached hydrogen (secondary N) is 1. The van der Waals surface area contributed by atoms with Gasteiger partial charge in [0, 0.05) is 25.7 Å². The molecule has 0 radical (unpaired) electrons. The topological polar surface area (TPSA) is 50.8 Å². The van der Waals surface area contributed by atoms with Gasteiger partial charge in [-0.25, -0.2) is 13.6 Å². The first-order valence-electron chi connectivity index (χ1n) is 7.82. The number of piperazine rings is 1. The molecule has 1 fully saturated rings. The number of rotatable bonds is 5. The SMILES string of the molecule is CCOc1ccc(F)c(COC(=O)N2CCNC[C@H]2CC)c1F. The Morgan fingerprint density at radius 3 is 2.87 bits per heavy atom. The number of carbonyl (C=O) groups excluding carboxylic acids is 1. The fraction of sp³-hybridized carbons (Fsp3) is 0.562. The highest BCUT2D eigenvalue weighted by Gasteiger charge is 2.27. The Morgan fingerprint density at radius 2 is 2.17 bits per heavy atom. The average molecular weight is 328 g/mol. The monoisotopic (exact) mass is 328 g/mol. The second-order valence-electron chi connectivity index (χ2n) is 5.29. The lowest BCUT2D eigenvalue weighted by Gasteiger charge is -2.34. The maximum Gasteiger partial charge on any atom is 0.410 e. The highest BCUT2D eigenvalue weighted by atomic mass is 19.1. The molecule has 1 aliphatic rings. The zero-order valence-corrected chi connectivity index (χ0v) is 13.4. The number of ether oxygens (including phenoxy) is 2. The van der Waals surface area contributed by atoms with E-state index in [0.717, 1.165) is 12.5 Å². The summed E-state index contributed by atoms with van der Waals surface area (Å²) in [7, 11) is 0. The van der Waals surface area contributed by atoms with E-state index in [1.807, 2.05) is 6.92 Å². The summed E-state index contributed by atoms with van der Waals surface area (Å²) in [6.45, 7) is 5.36. The summed E-state index contributed by atoms with van der Waals surface area (Å²) in [4.78, 5) is 13.8. The largest absolute Gasteiger partial charge is 0.491 e. The molecule has 0 spiro atoms. The van der Waals surface area contributed by atoms with Crippen LogP contribution in [-0.2, 0) is 11.3 Å². The molecule has 1 amide bonds. The Labute approximate surface area is 134 Å².